The maximum absolute atomic E-state index is 12.8. The van der Waals surface area contributed by atoms with Crippen molar-refractivity contribution in [2.75, 3.05) is 0 Å². The maximum Gasteiger partial charge on any atom is 0.187 e. The van der Waals surface area contributed by atoms with Gasteiger partial charge in [-0.1, -0.05) is 34.6 Å². The molecule has 0 aromatic heterocycles. The van der Waals surface area contributed by atoms with Crippen molar-refractivity contribution in [3.8, 4) is 0 Å². The van der Waals surface area contributed by atoms with Crippen LogP contribution >= 0.6 is 0 Å². The van der Waals surface area contributed by atoms with E-state index in [0.717, 1.165) is 37.7 Å². The van der Waals surface area contributed by atoms with Crippen LogP contribution in [0.4, 0.5) is 0 Å². The summed E-state index contributed by atoms with van der Waals surface area (Å²) in [5, 5.41) is 33.0. The van der Waals surface area contributed by atoms with E-state index in [0.29, 0.717) is 18.4 Å². The lowest BCUT2D eigenvalue weighted by Gasteiger charge is -2.73. The molecule has 3 N–H and O–H groups in total. The summed E-state index contributed by atoms with van der Waals surface area (Å²) in [7, 11) is 0. The Hall–Kier alpha value is -1.04. The van der Waals surface area contributed by atoms with Gasteiger partial charge in [0.1, 0.15) is 12.2 Å². The van der Waals surface area contributed by atoms with E-state index >= 15 is 0 Å². The van der Waals surface area contributed by atoms with E-state index in [-0.39, 0.29) is 51.5 Å². The van der Waals surface area contributed by atoms with Crippen molar-refractivity contribution in [2.45, 2.75) is 105 Å². The first-order valence-corrected chi connectivity index (χ1v) is 13.0. The zero-order valence-corrected chi connectivity index (χ0v) is 21.1. The van der Waals surface area contributed by atoms with Crippen molar-refractivity contribution in [2.24, 2.45) is 45.3 Å². The van der Waals surface area contributed by atoms with E-state index in [9.17, 15) is 24.9 Å². The van der Waals surface area contributed by atoms with Crippen molar-refractivity contribution < 1.29 is 24.9 Å². The van der Waals surface area contributed by atoms with Gasteiger partial charge in [-0.2, -0.15) is 0 Å². The SMILES string of the molecule is CC1=C2[C@@H](C[C@H](O)C1=O)[C@]1(C)CC[C@@]3(C)[C@H]4C[C@@H](C)C(=O)[C@@H](O)[C@]4(C)CC[C@]3(C)[C@H]1C[C@@H]2O. The fraction of sp³-hybridized carbons (Fsp3) is 0.857. The molecule has 0 radical (unpaired) electrons. The fourth-order valence-corrected chi connectivity index (χ4v) is 10.0. The highest BCUT2D eigenvalue weighted by molar-refractivity contribution is 6.00. The summed E-state index contributed by atoms with van der Waals surface area (Å²) in [5.74, 6) is 0.184. The first-order valence-electron chi connectivity index (χ1n) is 13.0. The van der Waals surface area contributed by atoms with Gasteiger partial charge >= 0.3 is 0 Å². The first kappa shape index (κ1) is 23.7. The predicted octanol–water partition coefficient (Wildman–Crippen LogP) is 3.83. The molecular formula is C28H42O5. The molecule has 33 heavy (non-hydrogen) atoms. The highest BCUT2D eigenvalue weighted by atomic mass is 16.3. The summed E-state index contributed by atoms with van der Waals surface area (Å²) in [6, 6.07) is 0. The van der Waals surface area contributed by atoms with Crippen LogP contribution in [0.15, 0.2) is 11.1 Å². The smallest absolute Gasteiger partial charge is 0.187 e. The average molecular weight is 459 g/mol. The average Bonchev–Trinajstić information content (AvgIpc) is 2.76. The van der Waals surface area contributed by atoms with E-state index in [1.807, 2.05) is 6.92 Å². The number of carbonyl (C=O) groups excluding carboxylic acids is 2. The van der Waals surface area contributed by atoms with Crippen LogP contribution < -0.4 is 0 Å². The standard InChI is InChI=1S/C28H42O5/c1-14-11-19-26(4,24(33)22(14)31)8-10-28(6)20-13-17(29)21-15(2)23(32)18(30)12-16(21)25(20,3)7-9-27(19,28)5/h14,16-20,24,29-30,33H,7-13H2,1-6H3/t14-,16-,17+,18+,19+,20+,24-,25+,26-,27+,28-/m1/s1. The summed E-state index contributed by atoms with van der Waals surface area (Å²) in [6.45, 7) is 13.0. The number of fused-ring (bicyclic) bond motifs is 7. The van der Waals surface area contributed by atoms with Crippen molar-refractivity contribution in [3.63, 3.8) is 0 Å². The first-order chi connectivity index (χ1) is 15.2. The van der Waals surface area contributed by atoms with Gasteiger partial charge in [0.15, 0.2) is 11.6 Å². The summed E-state index contributed by atoms with van der Waals surface area (Å²) >= 11 is 0. The van der Waals surface area contributed by atoms with Crippen molar-refractivity contribution in [1.82, 2.24) is 0 Å². The molecule has 0 amide bonds. The van der Waals surface area contributed by atoms with E-state index < -0.39 is 23.7 Å². The minimum Gasteiger partial charge on any atom is -0.389 e. The zero-order chi connectivity index (χ0) is 24.3. The summed E-state index contributed by atoms with van der Waals surface area (Å²) in [5.41, 5.74) is 0.880. The van der Waals surface area contributed by atoms with Gasteiger partial charge in [-0.15, -0.1) is 0 Å². The van der Waals surface area contributed by atoms with Crippen LogP contribution in [-0.2, 0) is 9.59 Å². The van der Waals surface area contributed by atoms with Crippen LogP contribution in [0, 0.1) is 45.3 Å². The van der Waals surface area contributed by atoms with Crippen LogP contribution in [0.1, 0.15) is 86.5 Å². The highest BCUT2D eigenvalue weighted by Gasteiger charge is 2.71. The molecule has 0 bridgehead atoms. The third-order valence-electron chi connectivity index (χ3n) is 12.3. The van der Waals surface area contributed by atoms with Gasteiger partial charge in [0.25, 0.3) is 0 Å². The summed E-state index contributed by atoms with van der Waals surface area (Å²) in [6.07, 6.45) is 3.10. The highest BCUT2D eigenvalue weighted by Crippen LogP contribution is 2.76. The molecule has 4 saturated carbocycles. The summed E-state index contributed by atoms with van der Waals surface area (Å²) < 4.78 is 0. The van der Waals surface area contributed by atoms with Gasteiger partial charge in [-0.3, -0.25) is 9.59 Å². The largest absolute Gasteiger partial charge is 0.389 e. The van der Waals surface area contributed by atoms with E-state index in [4.69, 9.17) is 0 Å². The molecule has 0 aromatic rings. The Balaban J connectivity index is 1.60. The van der Waals surface area contributed by atoms with E-state index in [2.05, 4.69) is 27.7 Å². The Labute approximate surface area is 198 Å². The van der Waals surface area contributed by atoms with Gasteiger partial charge in [0.2, 0.25) is 0 Å². The number of aliphatic hydroxyl groups is 3. The topological polar surface area (TPSA) is 94.8 Å². The van der Waals surface area contributed by atoms with Gasteiger partial charge < -0.3 is 15.3 Å². The zero-order valence-electron chi connectivity index (χ0n) is 21.1. The number of rotatable bonds is 0. The molecule has 11 atom stereocenters. The van der Waals surface area contributed by atoms with Crippen molar-refractivity contribution in [3.05, 3.63) is 11.1 Å². The second-order valence-corrected chi connectivity index (χ2v) is 13.4. The Morgan fingerprint density at radius 3 is 1.91 bits per heavy atom. The lowest BCUT2D eigenvalue weighted by atomic mass is 9.31. The molecule has 0 aliphatic heterocycles. The molecule has 5 heteroatoms. The molecule has 5 aliphatic rings. The third-order valence-corrected chi connectivity index (χ3v) is 12.3. The lowest BCUT2D eigenvalue weighted by molar-refractivity contribution is -0.247. The molecular weight excluding hydrogens is 416 g/mol. The second-order valence-electron chi connectivity index (χ2n) is 13.4. The Kier molecular flexibility index (Phi) is 5.03. The van der Waals surface area contributed by atoms with E-state index in [1.54, 1.807) is 6.92 Å². The molecule has 4 fully saturated rings. The summed E-state index contributed by atoms with van der Waals surface area (Å²) in [4.78, 5) is 25.3. The van der Waals surface area contributed by atoms with E-state index in [1.165, 1.54) is 0 Å². The lowest BCUT2D eigenvalue weighted by Crippen LogP contribution is -2.69. The molecule has 0 spiro atoms. The number of hydrogen-bond acceptors (Lipinski definition) is 5. The third kappa shape index (κ3) is 2.71. The van der Waals surface area contributed by atoms with Crippen molar-refractivity contribution in [1.29, 1.82) is 0 Å². The molecule has 5 aliphatic carbocycles. The number of Topliss-reactive ketones (excluding diaryl/α,β-unsaturated/α-hetero) is 2. The number of ketones is 2. The van der Waals surface area contributed by atoms with Crippen LogP contribution in [0.25, 0.3) is 0 Å². The minimum atomic E-state index is -0.974. The van der Waals surface area contributed by atoms with Crippen LogP contribution in [0.3, 0.4) is 0 Å². The maximum atomic E-state index is 12.8. The molecule has 0 unspecified atom stereocenters. The Bertz CT molecular complexity index is 939. The van der Waals surface area contributed by atoms with Crippen LogP contribution in [0.2, 0.25) is 0 Å². The van der Waals surface area contributed by atoms with Gasteiger partial charge in [0.05, 0.1) is 6.10 Å². The van der Waals surface area contributed by atoms with Crippen LogP contribution in [0.5, 0.6) is 0 Å². The van der Waals surface area contributed by atoms with Crippen LogP contribution in [-0.4, -0.2) is 45.2 Å². The van der Waals surface area contributed by atoms with Crippen molar-refractivity contribution >= 4 is 11.6 Å². The monoisotopic (exact) mass is 458 g/mol. The molecule has 5 rings (SSSR count). The molecule has 5 nitrogen and oxygen atoms in total. The van der Waals surface area contributed by atoms with Gasteiger partial charge in [-0.05, 0) is 97.0 Å². The quantitative estimate of drug-likeness (QED) is 0.513. The predicted molar refractivity (Wildman–Crippen MR) is 125 cm³/mol. The molecule has 0 aromatic carbocycles. The molecule has 0 heterocycles. The number of hydrogen-bond donors (Lipinski definition) is 3. The molecule has 0 saturated heterocycles. The second kappa shape index (κ2) is 7.01. The Morgan fingerprint density at radius 1 is 0.758 bits per heavy atom. The Morgan fingerprint density at radius 2 is 1.30 bits per heavy atom. The molecule has 184 valence electrons. The fourth-order valence-electron chi connectivity index (χ4n) is 10.0. The van der Waals surface area contributed by atoms with Gasteiger partial charge in [0, 0.05) is 11.3 Å². The normalized spacial score (nSPS) is 56.6. The van der Waals surface area contributed by atoms with Gasteiger partial charge in [-0.25, -0.2) is 0 Å². The minimum absolute atomic E-state index is 0.000744. The number of carbonyl (C=O) groups is 2. The number of aliphatic hydroxyl groups excluding tert-OH is 3.